The minimum absolute atomic E-state index is 0.0526. The molecule has 0 spiro atoms. The van der Waals surface area contributed by atoms with Crippen LogP contribution in [0.3, 0.4) is 0 Å². The first kappa shape index (κ1) is 17.5. The highest BCUT2D eigenvalue weighted by molar-refractivity contribution is 5.91. The normalized spacial score (nSPS) is 10.2. The van der Waals surface area contributed by atoms with Crippen molar-refractivity contribution in [1.82, 2.24) is 0 Å². The molecule has 0 saturated carbocycles. The molecule has 1 N–H and O–H groups in total. The molecular weight excluding hydrogens is 308 g/mol. The lowest BCUT2D eigenvalue weighted by molar-refractivity contribution is -0.384. The summed E-state index contributed by atoms with van der Waals surface area (Å²) in [6.45, 7) is 4.10. The number of nitro benzene ring substituents is 1. The van der Waals surface area contributed by atoms with Crippen LogP contribution in [0.2, 0.25) is 0 Å². The Morgan fingerprint density at radius 3 is 2.54 bits per heavy atom. The molecular formula is C18H20N2O4. The summed E-state index contributed by atoms with van der Waals surface area (Å²) in [5.41, 5.74) is 2.39. The van der Waals surface area contributed by atoms with Crippen LogP contribution in [0.25, 0.3) is 0 Å². The van der Waals surface area contributed by atoms with E-state index in [4.69, 9.17) is 4.74 Å². The molecule has 24 heavy (non-hydrogen) atoms. The van der Waals surface area contributed by atoms with Gasteiger partial charge in [-0.15, -0.1) is 0 Å². The minimum atomic E-state index is -0.488. The number of carbonyl (C=O) groups is 1. The maximum Gasteiger partial charge on any atom is 0.271 e. The molecule has 0 aliphatic rings. The number of hydrogen-bond donors (Lipinski definition) is 1. The first-order chi connectivity index (χ1) is 11.5. The largest absolute Gasteiger partial charge is 0.493 e. The number of amides is 1. The third kappa shape index (κ3) is 4.81. The van der Waals surface area contributed by atoms with E-state index < -0.39 is 4.92 Å². The van der Waals surface area contributed by atoms with Crippen LogP contribution in [-0.4, -0.2) is 17.4 Å². The second-order valence-corrected chi connectivity index (χ2v) is 5.40. The molecule has 0 heterocycles. The zero-order chi connectivity index (χ0) is 17.5. The van der Waals surface area contributed by atoms with E-state index in [1.54, 1.807) is 13.0 Å². The van der Waals surface area contributed by atoms with E-state index in [1.165, 1.54) is 17.7 Å². The highest BCUT2D eigenvalue weighted by Gasteiger charge is 2.11. The summed E-state index contributed by atoms with van der Waals surface area (Å²) in [7, 11) is 0. The monoisotopic (exact) mass is 328 g/mol. The lowest BCUT2D eigenvalue weighted by Gasteiger charge is -2.09. The maximum absolute atomic E-state index is 12.0. The van der Waals surface area contributed by atoms with Gasteiger partial charge in [-0.25, -0.2) is 0 Å². The van der Waals surface area contributed by atoms with Gasteiger partial charge < -0.3 is 10.1 Å². The van der Waals surface area contributed by atoms with Crippen LogP contribution in [0.4, 0.5) is 11.4 Å². The van der Waals surface area contributed by atoms with Gasteiger partial charge in [0.2, 0.25) is 5.91 Å². The summed E-state index contributed by atoms with van der Waals surface area (Å²) < 4.78 is 5.54. The van der Waals surface area contributed by atoms with Gasteiger partial charge in [0, 0.05) is 12.1 Å². The second kappa shape index (κ2) is 8.10. The van der Waals surface area contributed by atoms with Gasteiger partial charge in [-0.05, 0) is 36.6 Å². The van der Waals surface area contributed by atoms with Gasteiger partial charge in [0.25, 0.3) is 5.69 Å². The summed E-state index contributed by atoms with van der Waals surface area (Å²) >= 11 is 0. The lowest BCUT2D eigenvalue weighted by atomic mass is 10.1. The van der Waals surface area contributed by atoms with Gasteiger partial charge in [0.05, 0.1) is 23.6 Å². The van der Waals surface area contributed by atoms with Crippen molar-refractivity contribution in [1.29, 1.82) is 0 Å². The van der Waals surface area contributed by atoms with Crippen molar-refractivity contribution in [2.24, 2.45) is 0 Å². The van der Waals surface area contributed by atoms with Gasteiger partial charge in [0.1, 0.15) is 5.75 Å². The van der Waals surface area contributed by atoms with Crippen LogP contribution >= 0.6 is 0 Å². The molecule has 0 aromatic heterocycles. The number of nitro groups is 1. The first-order valence-corrected chi connectivity index (χ1v) is 7.76. The maximum atomic E-state index is 12.0. The Hall–Kier alpha value is -2.89. The van der Waals surface area contributed by atoms with E-state index >= 15 is 0 Å². The van der Waals surface area contributed by atoms with E-state index in [2.05, 4.69) is 12.2 Å². The highest BCUT2D eigenvalue weighted by atomic mass is 16.6. The molecule has 0 saturated heterocycles. The third-order valence-electron chi connectivity index (χ3n) is 3.64. The number of carbonyl (C=O) groups excluding carboxylic acids is 1. The van der Waals surface area contributed by atoms with Crippen molar-refractivity contribution in [2.45, 2.75) is 26.7 Å². The Morgan fingerprint density at radius 1 is 1.21 bits per heavy atom. The smallest absolute Gasteiger partial charge is 0.271 e. The van der Waals surface area contributed by atoms with Crippen molar-refractivity contribution in [3.63, 3.8) is 0 Å². The average molecular weight is 328 g/mol. The first-order valence-electron chi connectivity index (χ1n) is 7.76. The predicted molar refractivity (Wildman–Crippen MR) is 92.4 cm³/mol. The summed E-state index contributed by atoms with van der Waals surface area (Å²) in [5, 5.41) is 13.5. The molecule has 2 aromatic rings. The van der Waals surface area contributed by atoms with E-state index in [9.17, 15) is 14.9 Å². The molecule has 0 unspecified atom stereocenters. The van der Waals surface area contributed by atoms with Gasteiger partial charge in [-0.3, -0.25) is 14.9 Å². The van der Waals surface area contributed by atoms with Crippen LogP contribution in [0.15, 0.2) is 42.5 Å². The minimum Gasteiger partial charge on any atom is -0.493 e. The van der Waals surface area contributed by atoms with E-state index in [0.717, 1.165) is 12.0 Å². The molecule has 2 aromatic carbocycles. The van der Waals surface area contributed by atoms with Gasteiger partial charge in [0.15, 0.2) is 0 Å². The van der Waals surface area contributed by atoms with Crippen LogP contribution in [-0.2, 0) is 11.2 Å². The quantitative estimate of drug-likeness (QED) is 0.618. The highest BCUT2D eigenvalue weighted by Crippen LogP contribution is 2.22. The van der Waals surface area contributed by atoms with E-state index in [0.29, 0.717) is 11.4 Å². The molecule has 6 nitrogen and oxygen atoms in total. The second-order valence-electron chi connectivity index (χ2n) is 5.40. The van der Waals surface area contributed by atoms with Crippen molar-refractivity contribution in [3.05, 3.63) is 63.7 Å². The lowest BCUT2D eigenvalue weighted by Crippen LogP contribution is -2.16. The number of benzene rings is 2. The fraction of sp³-hybridized carbons (Fsp3) is 0.278. The summed E-state index contributed by atoms with van der Waals surface area (Å²) in [5.74, 6) is 0.468. The number of hydrogen-bond acceptors (Lipinski definition) is 4. The van der Waals surface area contributed by atoms with E-state index in [1.807, 2.05) is 24.3 Å². The van der Waals surface area contributed by atoms with Crippen LogP contribution in [0.1, 0.15) is 24.5 Å². The number of aryl methyl sites for hydroxylation is 2. The fourth-order valence-corrected chi connectivity index (χ4v) is 2.15. The predicted octanol–water partition coefficient (Wildman–Crippen LogP) is 3.87. The van der Waals surface area contributed by atoms with Crippen molar-refractivity contribution >= 4 is 17.3 Å². The Bertz CT molecular complexity index is 726. The number of nitrogens with zero attached hydrogens (tertiary/aromatic N) is 1. The molecule has 0 atom stereocenters. The molecule has 0 aliphatic heterocycles. The van der Waals surface area contributed by atoms with Crippen molar-refractivity contribution < 1.29 is 14.5 Å². The SMILES string of the molecule is CCc1ccc(OCCC(=O)Nc2cc([N+](=O)[O-])ccc2C)cc1. The molecule has 6 heteroatoms. The number of non-ortho nitro benzene ring substituents is 1. The number of rotatable bonds is 7. The zero-order valence-electron chi connectivity index (χ0n) is 13.7. The van der Waals surface area contributed by atoms with Crippen molar-refractivity contribution in [3.8, 4) is 5.75 Å². The average Bonchev–Trinajstić information content (AvgIpc) is 2.57. The Kier molecular flexibility index (Phi) is 5.89. The molecule has 0 bridgehead atoms. The third-order valence-corrected chi connectivity index (χ3v) is 3.64. The van der Waals surface area contributed by atoms with Crippen LogP contribution in [0.5, 0.6) is 5.75 Å². The molecule has 126 valence electrons. The topological polar surface area (TPSA) is 81.5 Å². The molecule has 0 aliphatic carbocycles. The number of ether oxygens (including phenoxy) is 1. The van der Waals surface area contributed by atoms with Gasteiger partial charge in [-0.1, -0.05) is 25.1 Å². The van der Waals surface area contributed by atoms with Gasteiger partial charge >= 0.3 is 0 Å². The van der Waals surface area contributed by atoms with Crippen LogP contribution in [0, 0.1) is 17.0 Å². The summed E-state index contributed by atoms with van der Waals surface area (Å²) in [6.07, 6.45) is 1.13. The Balaban J connectivity index is 1.86. The summed E-state index contributed by atoms with van der Waals surface area (Å²) in [6, 6.07) is 12.1. The summed E-state index contributed by atoms with van der Waals surface area (Å²) in [4.78, 5) is 22.3. The van der Waals surface area contributed by atoms with Crippen LogP contribution < -0.4 is 10.1 Å². The standard InChI is InChI=1S/C18H20N2O4/c1-3-14-5-8-16(9-6-14)24-11-10-18(21)19-17-12-15(20(22)23)7-4-13(17)2/h4-9,12H,3,10-11H2,1-2H3,(H,19,21). The number of anilines is 1. The molecule has 2 rings (SSSR count). The fourth-order valence-electron chi connectivity index (χ4n) is 2.15. The Morgan fingerprint density at radius 2 is 1.92 bits per heavy atom. The zero-order valence-corrected chi connectivity index (χ0v) is 13.7. The Labute approximate surface area is 140 Å². The molecule has 0 fully saturated rings. The molecule has 0 radical (unpaired) electrons. The van der Waals surface area contributed by atoms with E-state index in [-0.39, 0.29) is 24.6 Å². The molecule has 1 amide bonds. The van der Waals surface area contributed by atoms with Gasteiger partial charge in [-0.2, -0.15) is 0 Å². The number of nitrogens with one attached hydrogen (secondary N) is 1. The van der Waals surface area contributed by atoms with Crippen molar-refractivity contribution in [2.75, 3.05) is 11.9 Å².